The lowest BCUT2D eigenvalue weighted by molar-refractivity contribution is 0.0220. The van der Waals surface area contributed by atoms with E-state index in [-0.39, 0.29) is 11.4 Å². The monoisotopic (exact) mass is 505 g/mol. The van der Waals surface area contributed by atoms with Gasteiger partial charge in [-0.2, -0.15) is 15.0 Å². The topological polar surface area (TPSA) is 89.8 Å². The molecule has 1 saturated heterocycles. The summed E-state index contributed by atoms with van der Waals surface area (Å²) in [5.74, 6) is 0.387. The van der Waals surface area contributed by atoms with E-state index >= 15 is 0 Å². The quantitative estimate of drug-likeness (QED) is 0.375. The van der Waals surface area contributed by atoms with Crippen molar-refractivity contribution in [2.75, 3.05) is 25.0 Å². The van der Waals surface area contributed by atoms with E-state index in [4.69, 9.17) is 9.72 Å². The number of ether oxygens (including phenoxy) is 1. The maximum atomic E-state index is 14.1. The van der Waals surface area contributed by atoms with E-state index in [9.17, 15) is 8.78 Å². The summed E-state index contributed by atoms with van der Waals surface area (Å²) in [4.78, 5) is 18.2. The molecular formula is C27H29F2N7O. The number of anilines is 1. The number of imidazole rings is 1. The standard InChI is InChI=1S/C27H29F2N7O/c1-26(2,27(12-13-27)17-8-4-3-5-9-17)35-24-32-22(20-16-30-14-15-37-20)33-25(34-24)36-19-11-7-6-10-18(19)31-23(36)21(28)29/h3-11,20-21,30H,12-16H2,1-2H3,(H,32,33,34,35). The second-order valence-electron chi connectivity index (χ2n) is 10.2. The fourth-order valence-corrected chi connectivity index (χ4v) is 5.37. The van der Waals surface area contributed by atoms with E-state index in [0.717, 1.165) is 19.4 Å². The maximum absolute atomic E-state index is 14.1. The lowest BCUT2D eigenvalue weighted by Crippen LogP contribution is -2.44. The predicted molar refractivity (Wildman–Crippen MR) is 136 cm³/mol. The Kier molecular flexibility index (Phi) is 5.88. The van der Waals surface area contributed by atoms with Crippen LogP contribution in [0.5, 0.6) is 0 Å². The lowest BCUT2D eigenvalue weighted by Gasteiger charge is -2.36. The first-order valence-electron chi connectivity index (χ1n) is 12.6. The molecular weight excluding hydrogens is 476 g/mol. The number of morpholine rings is 1. The second kappa shape index (κ2) is 9.11. The van der Waals surface area contributed by atoms with Gasteiger partial charge in [-0.05, 0) is 44.4 Å². The molecule has 2 fully saturated rings. The summed E-state index contributed by atoms with van der Waals surface area (Å²) >= 11 is 0. The van der Waals surface area contributed by atoms with Crippen LogP contribution in [0.15, 0.2) is 54.6 Å². The number of fused-ring (bicyclic) bond motifs is 1. The number of rotatable bonds is 7. The Morgan fingerprint density at radius 1 is 1.03 bits per heavy atom. The van der Waals surface area contributed by atoms with E-state index < -0.39 is 23.9 Å². The Morgan fingerprint density at radius 3 is 2.49 bits per heavy atom. The van der Waals surface area contributed by atoms with Crippen LogP contribution in [0.25, 0.3) is 17.0 Å². The highest BCUT2D eigenvalue weighted by Gasteiger charge is 2.55. The van der Waals surface area contributed by atoms with Crippen molar-refractivity contribution in [3.05, 3.63) is 71.8 Å². The Morgan fingerprint density at radius 2 is 1.78 bits per heavy atom. The van der Waals surface area contributed by atoms with Crippen molar-refractivity contribution in [1.82, 2.24) is 29.8 Å². The van der Waals surface area contributed by atoms with Gasteiger partial charge in [0.1, 0.15) is 6.10 Å². The van der Waals surface area contributed by atoms with Crippen LogP contribution < -0.4 is 10.6 Å². The van der Waals surface area contributed by atoms with E-state index in [2.05, 4.69) is 51.6 Å². The Labute approximate surface area is 213 Å². The third-order valence-electron chi connectivity index (χ3n) is 7.54. The molecule has 6 rings (SSSR count). The first-order valence-corrected chi connectivity index (χ1v) is 12.6. The molecule has 4 aromatic rings. The highest BCUT2D eigenvalue weighted by molar-refractivity contribution is 5.77. The van der Waals surface area contributed by atoms with Crippen LogP contribution in [-0.2, 0) is 10.2 Å². The van der Waals surface area contributed by atoms with Gasteiger partial charge in [0, 0.05) is 24.0 Å². The molecule has 3 heterocycles. The van der Waals surface area contributed by atoms with Crippen LogP contribution in [0.2, 0.25) is 0 Å². The highest BCUT2D eigenvalue weighted by Crippen LogP contribution is 2.56. The summed E-state index contributed by atoms with van der Waals surface area (Å²) in [5.41, 5.74) is 1.71. The number of nitrogens with one attached hydrogen (secondary N) is 2. The first kappa shape index (κ1) is 23.9. The van der Waals surface area contributed by atoms with Gasteiger partial charge in [0.2, 0.25) is 11.9 Å². The molecule has 0 spiro atoms. The number of benzene rings is 2. The van der Waals surface area contributed by atoms with Crippen molar-refractivity contribution in [1.29, 1.82) is 0 Å². The second-order valence-corrected chi connectivity index (χ2v) is 10.2. The molecule has 1 unspecified atom stereocenters. The van der Waals surface area contributed by atoms with Crippen molar-refractivity contribution < 1.29 is 13.5 Å². The zero-order valence-corrected chi connectivity index (χ0v) is 20.8. The van der Waals surface area contributed by atoms with Gasteiger partial charge in [0.25, 0.3) is 6.43 Å². The number of hydrogen-bond acceptors (Lipinski definition) is 7. The molecule has 2 aromatic heterocycles. The van der Waals surface area contributed by atoms with Crippen LogP contribution in [0.4, 0.5) is 14.7 Å². The third kappa shape index (κ3) is 4.23. The van der Waals surface area contributed by atoms with Crippen molar-refractivity contribution in [3.63, 3.8) is 0 Å². The smallest absolute Gasteiger partial charge is 0.296 e. The van der Waals surface area contributed by atoms with Crippen LogP contribution in [-0.4, -0.2) is 49.7 Å². The minimum absolute atomic E-state index is 0.0834. The number of nitrogens with zero attached hydrogens (tertiary/aromatic N) is 5. The van der Waals surface area contributed by atoms with Gasteiger partial charge < -0.3 is 15.4 Å². The molecule has 2 aromatic carbocycles. The Bertz CT molecular complexity index is 1410. The van der Waals surface area contributed by atoms with Crippen LogP contribution >= 0.6 is 0 Å². The van der Waals surface area contributed by atoms with Crippen molar-refractivity contribution in [2.24, 2.45) is 0 Å². The molecule has 1 aliphatic carbocycles. The van der Waals surface area contributed by atoms with Gasteiger partial charge in [-0.25, -0.2) is 13.8 Å². The number of hydrogen-bond donors (Lipinski definition) is 2. The zero-order valence-electron chi connectivity index (χ0n) is 20.8. The number of alkyl halides is 2. The molecule has 2 N–H and O–H groups in total. The predicted octanol–water partition coefficient (Wildman–Crippen LogP) is 4.73. The molecule has 37 heavy (non-hydrogen) atoms. The molecule has 192 valence electrons. The molecule has 1 saturated carbocycles. The molecule has 1 aliphatic heterocycles. The summed E-state index contributed by atoms with van der Waals surface area (Å²) in [6.07, 6.45) is -1.17. The summed E-state index contributed by atoms with van der Waals surface area (Å²) in [7, 11) is 0. The minimum atomic E-state index is -2.80. The van der Waals surface area contributed by atoms with E-state index in [1.165, 1.54) is 10.1 Å². The third-order valence-corrected chi connectivity index (χ3v) is 7.54. The maximum Gasteiger partial charge on any atom is 0.296 e. The minimum Gasteiger partial charge on any atom is -0.368 e. The summed E-state index contributed by atoms with van der Waals surface area (Å²) < 4.78 is 35.5. The van der Waals surface area contributed by atoms with E-state index in [0.29, 0.717) is 36.0 Å². The normalized spacial score (nSPS) is 19.3. The number of aromatic nitrogens is 5. The fraction of sp³-hybridized carbons (Fsp3) is 0.407. The van der Waals surface area contributed by atoms with Crippen molar-refractivity contribution in [2.45, 2.75) is 50.2 Å². The van der Waals surface area contributed by atoms with Gasteiger partial charge in [-0.15, -0.1) is 0 Å². The largest absolute Gasteiger partial charge is 0.368 e. The fourth-order valence-electron chi connectivity index (χ4n) is 5.37. The summed E-state index contributed by atoms with van der Waals surface area (Å²) in [5, 5.41) is 6.82. The first-order chi connectivity index (χ1) is 17.9. The number of para-hydroxylation sites is 2. The molecule has 0 radical (unpaired) electrons. The zero-order chi connectivity index (χ0) is 25.6. The van der Waals surface area contributed by atoms with Crippen LogP contribution in [0, 0.1) is 0 Å². The number of halogens is 2. The lowest BCUT2D eigenvalue weighted by atomic mass is 9.78. The Hall–Kier alpha value is -3.50. The SMILES string of the molecule is CC(C)(Nc1nc(C2CNCCO2)nc(-n2c(C(F)F)nc3ccccc32)n1)C1(c2ccccc2)CC1. The van der Waals surface area contributed by atoms with Crippen LogP contribution in [0.1, 0.15) is 56.4 Å². The Balaban J connectivity index is 1.46. The van der Waals surface area contributed by atoms with E-state index in [1.54, 1.807) is 24.3 Å². The molecule has 0 amide bonds. The van der Waals surface area contributed by atoms with Gasteiger partial charge in [0.15, 0.2) is 11.6 Å². The molecule has 8 nitrogen and oxygen atoms in total. The molecule has 1 atom stereocenters. The van der Waals surface area contributed by atoms with Gasteiger partial charge >= 0.3 is 0 Å². The van der Waals surface area contributed by atoms with Gasteiger partial charge in [0.05, 0.1) is 17.6 Å². The summed E-state index contributed by atoms with van der Waals surface area (Å²) in [6.45, 7) is 6.02. The van der Waals surface area contributed by atoms with Gasteiger partial charge in [-0.3, -0.25) is 4.57 Å². The molecule has 0 bridgehead atoms. The van der Waals surface area contributed by atoms with E-state index in [1.807, 2.05) is 18.2 Å². The van der Waals surface area contributed by atoms with Crippen LogP contribution in [0.3, 0.4) is 0 Å². The summed E-state index contributed by atoms with van der Waals surface area (Å²) in [6, 6.07) is 17.4. The van der Waals surface area contributed by atoms with Crippen molar-refractivity contribution in [3.8, 4) is 5.95 Å². The highest BCUT2D eigenvalue weighted by atomic mass is 19.3. The average Bonchev–Trinajstić information content (AvgIpc) is 3.65. The molecule has 10 heteroatoms. The molecule has 2 aliphatic rings. The van der Waals surface area contributed by atoms with Crippen molar-refractivity contribution >= 4 is 17.0 Å². The van der Waals surface area contributed by atoms with Gasteiger partial charge in [-0.1, -0.05) is 42.5 Å². The average molecular weight is 506 g/mol.